The van der Waals surface area contributed by atoms with Crippen LogP contribution in [0, 0.1) is 0 Å². The topological polar surface area (TPSA) is 46.3 Å². The highest BCUT2D eigenvalue weighted by atomic mass is 16.2. The standard InChI is InChI=1S/C15H16N2O/c1-2-17(15(16)18)14-10-8-13(9-11-14)12-6-4-3-5-7-12/h3-11H,2H2,1H3,(H2,16,18). The zero-order valence-corrected chi connectivity index (χ0v) is 10.3. The van der Waals surface area contributed by atoms with Gasteiger partial charge in [0.1, 0.15) is 0 Å². The molecule has 18 heavy (non-hydrogen) atoms. The summed E-state index contributed by atoms with van der Waals surface area (Å²) in [7, 11) is 0. The van der Waals surface area contributed by atoms with Gasteiger partial charge in [-0.1, -0.05) is 42.5 Å². The Bertz CT molecular complexity index is 520. The maximum absolute atomic E-state index is 11.2. The molecular weight excluding hydrogens is 224 g/mol. The molecule has 2 amide bonds. The first-order chi connectivity index (χ1) is 8.72. The van der Waals surface area contributed by atoms with E-state index in [4.69, 9.17) is 5.73 Å². The van der Waals surface area contributed by atoms with Crippen LogP contribution in [-0.4, -0.2) is 12.6 Å². The van der Waals surface area contributed by atoms with Crippen molar-refractivity contribution >= 4 is 11.7 Å². The molecule has 0 bridgehead atoms. The van der Waals surface area contributed by atoms with Gasteiger partial charge in [-0.05, 0) is 30.2 Å². The number of rotatable bonds is 3. The SMILES string of the molecule is CCN(C(N)=O)c1ccc(-c2ccccc2)cc1. The van der Waals surface area contributed by atoms with Crippen LogP contribution in [0.1, 0.15) is 6.92 Å². The van der Waals surface area contributed by atoms with Crippen molar-refractivity contribution in [2.24, 2.45) is 5.73 Å². The van der Waals surface area contributed by atoms with Crippen molar-refractivity contribution in [3.63, 3.8) is 0 Å². The van der Waals surface area contributed by atoms with Crippen LogP contribution in [0.2, 0.25) is 0 Å². The van der Waals surface area contributed by atoms with E-state index in [1.165, 1.54) is 4.90 Å². The molecule has 0 fully saturated rings. The fourth-order valence-corrected chi connectivity index (χ4v) is 1.93. The number of nitrogens with zero attached hydrogens (tertiary/aromatic N) is 1. The Morgan fingerprint density at radius 1 is 1.00 bits per heavy atom. The molecule has 0 aliphatic heterocycles. The number of benzene rings is 2. The van der Waals surface area contributed by atoms with Gasteiger partial charge in [0.25, 0.3) is 0 Å². The molecule has 0 heterocycles. The van der Waals surface area contributed by atoms with Crippen molar-refractivity contribution < 1.29 is 4.79 Å². The Hall–Kier alpha value is -2.29. The third kappa shape index (κ3) is 2.51. The van der Waals surface area contributed by atoms with Crippen LogP contribution in [0.25, 0.3) is 11.1 Å². The summed E-state index contributed by atoms with van der Waals surface area (Å²) < 4.78 is 0. The minimum absolute atomic E-state index is 0.426. The van der Waals surface area contributed by atoms with Gasteiger partial charge in [0.05, 0.1) is 0 Å². The number of carbonyl (C=O) groups is 1. The number of hydrogen-bond donors (Lipinski definition) is 1. The van der Waals surface area contributed by atoms with Crippen LogP contribution in [0.5, 0.6) is 0 Å². The van der Waals surface area contributed by atoms with Gasteiger partial charge in [0.2, 0.25) is 0 Å². The predicted molar refractivity (Wildman–Crippen MR) is 74.5 cm³/mol. The van der Waals surface area contributed by atoms with Crippen LogP contribution in [0.4, 0.5) is 10.5 Å². The summed E-state index contributed by atoms with van der Waals surface area (Å²) >= 11 is 0. The minimum Gasteiger partial charge on any atom is -0.351 e. The van der Waals surface area contributed by atoms with Gasteiger partial charge in [-0.3, -0.25) is 4.90 Å². The number of amides is 2. The molecule has 0 atom stereocenters. The molecule has 0 aliphatic carbocycles. The smallest absolute Gasteiger partial charge is 0.319 e. The van der Waals surface area contributed by atoms with E-state index in [1.807, 2.05) is 49.4 Å². The maximum Gasteiger partial charge on any atom is 0.319 e. The van der Waals surface area contributed by atoms with E-state index in [1.54, 1.807) is 0 Å². The van der Waals surface area contributed by atoms with Crippen molar-refractivity contribution in [3.05, 3.63) is 54.6 Å². The van der Waals surface area contributed by atoms with Crippen molar-refractivity contribution in [2.45, 2.75) is 6.92 Å². The number of anilines is 1. The summed E-state index contributed by atoms with van der Waals surface area (Å²) in [6, 6.07) is 17.5. The highest BCUT2D eigenvalue weighted by molar-refractivity contribution is 5.90. The van der Waals surface area contributed by atoms with Gasteiger partial charge < -0.3 is 5.73 Å². The Morgan fingerprint density at radius 2 is 1.56 bits per heavy atom. The summed E-state index contributed by atoms with van der Waals surface area (Å²) in [5.41, 5.74) is 8.42. The molecule has 0 aliphatic rings. The Kier molecular flexibility index (Phi) is 3.63. The average molecular weight is 240 g/mol. The lowest BCUT2D eigenvalue weighted by Crippen LogP contribution is -2.35. The molecule has 3 heteroatoms. The van der Waals surface area contributed by atoms with Crippen molar-refractivity contribution in [1.29, 1.82) is 0 Å². The van der Waals surface area contributed by atoms with Crippen LogP contribution >= 0.6 is 0 Å². The number of nitrogens with two attached hydrogens (primary N) is 1. The summed E-state index contributed by atoms with van der Waals surface area (Å²) in [6.07, 6.45) is 0. The first-order valence-electron chi connectivity index (χ1n) is 5.95. The zero-order chi connectivity index (χ0) is 13.0. The highest BCUT2D eigenvalue weighted by Gasteiger charge is 2.09. The number of urea groups is 1. The molecule has 0 spiro atoms. The average Bonchev–Trinajstić information content (AvgIpc) is 2.41. The van der Waals surface area contributed by atoms with Gasteiger partial charge in [-0.15, -0.1) is 0 Å². The van der Waals surface area contributed by atoms with Crippen molar-refractivity contribution in [2.75, 3.05) is 11.4 Å². The molecular formula is C15H16N2O. The lowest BCUT2D eigenvalue weighted by molar-refractivity contribution is 0.254. The third-order valence-corrected chi connectivity index (χ3v) is 2.87. The Morgan fingerprint density at radius 3 is 2.06 bits per heavy atom. The minimum atomic E-state index is -0.426. The summed E-state index contributed by atoms with van der Waals surface area (Å²) in [6.45, 7) is 2.47. The second kappa shape index (κ2) is 5.36. The van der Waals surface area contributed by atoms with Crippen LogP contribution in [0.15, 0.2) is 54.6 Å². The third-order valence-electron chi connectivity index (χ3n) is 2.87. The molecule has 0 saturated heterocycles. The van der Waals surface area contributed by atoms with Crippen molar-refractivity contribution in [3.8, 4) is 11.1 Å². The summed E-state index contributed by atoms with van der Waals surface area (Å²) in [4.78, 5) is 12.8. The first-order valence-corrected chi connectivity index (χ1v) is 5.95. The van der Waals surface area contributed by atoms with E-state index in [9.17, 15) is 4.79 Å². The number of primary amides is 1. The molecule has 2 rings (SSSR count). The van der Waals surface area contributed by atoms with Gasteiger partial charge in [-0.2, -0.15) is 0 Å². The fraction of sp³-hybridized carbons (Fsp3) is 0.133. The summed E-state index contributed by atoms with van der Waals surface area (Å²) in [5.74, 6) is 0. The first kappa shape index (κ1) is 12.2. The Labute approximate surface area is 107 Å². The van der Waals surface area contributed by atoms with Gasteiger partial charge in [0, 0.05) is 12.2 Å². The molecule has 0 radical (unpaired) electrons. The lowest BCUT2D eigenvalue weighted by Gasteiger charge is -2.18. The van der Waals surface area contributed by atoms with Gasteiger partial charge >= 0.3 is 6.03 Å². The van der Waals surface area contributed by atoms with Gasteiger partial charge in [0.15, 0.2) is 0 Å². The molecule has 2 aromatic carbocycles. The van der Waals surface area contributed by atoms with Crippen LogP contribution < -0.4 is 10.6 Å². The number of hydrogen-bond acceptors (Lipinski definition) is 1. The monoisotopic (exact) mass is 240 g/mol. The quantitative estimate of drug-likeness (QED) is 0.879. The molecule has 2 aromatic rings. The molecule has 3 nitrogen and oxygen atoms in total. The van der Waals surface area contributed by atoms with E-state index in [2.05, 4.69) is 12.1 Å². The lowest BCUT2D eigenvalue weighted by atomic mass is 10.1. The molecule has 0 saturated carbocycles. The zero-order valence-electron chi connectivity index (χ0n) is 10.3. The van der Waals surface area contributed by atoms with E-state index in [0.29, 0.717) is 6.54 Å². The molecule has 0 unspecified atom stereocenters. The Balaban J connectivity index is 2.28. The second-order valence-corrected chi connectivity index (χ2v) is 4.00. The second-order valence-electron chi connectivity index (χ2n) is 4.00. The van der Waals surface area contributed by atoms with Crippen LogP contribution in [-0.2, 0) is 0 Å². The predicted octanol–water partition coefficient (Wildman–Crippen LogP) is 3.26. The van der Waals surface area contributed by atoms with E-state index >= 15 is 0 Å². The normalized spacial score (nSPS) is 10.1. The summed E-state index contributed by atoms with van der Waals surface area (Å²) in [5, 5.41) is 0. The largest absolute Gasteiger partial charge is 0.351 e. The molecule has 0 aromatic heterocycles. The van der Waals surface area contributed by atoms with E-state index < -0.39 is 6.03 Å². The molecule has 92 valence electrons. The maximum atomic E-state index is 11.2. The molecule has 2 N–H and O–H groups in total. The number of carbonyl (C=O) groups excluding carboxylic acids is 1. The van der Waals surface area contributed by atoms with Crippen LogP contribution in [0.3, 0.4) is 0 Å². The van der Waals surface area contributed by atoms with Gasteiger partial charge in [-0.25, -0.2) is 4.79 Å². The van der Waals surface area contributed by atoms with E-state index in [0.717, 1.165) is 16.8 Å². The van der Waals surface area contributed by atoms with Crippen molar-refractivity contribution in [1.82, 2.24) is 0 Å². The van der Waals surface area contributed by atoms with E-state index in [-0.39, 0.29) is 0 Å². The highest BCUT2D eigenvalue weighted by Crippen LogP contribution is 2.22. The fourth-order valence-electron chi connectivity index (χ4n) is 1.93.